The molecule has 0 aliphatic heterocycles. The average molecular weight is 195 g/mol. The Kier molecular flexibility index (Phi) is 8.75. The van der Waals surface area contributed by atoms with Gasteiger partial charge in [0.05, 0.1) is 4.92 Å². The number of allylic oxidation sites excluding steroid dienone is 5. The molecule has 0 aromatic rings. The molecular weight excluding hydrogens is 178 g/mol. The summed E-state index contributed by atoms with van der Waals surface area (Å²) in [5, 5.41) is 9.91. The van der Waals surface area contributed by atoms with Crippen LogP contribution in [0.3, 0.4) is 0 Å². The minimum absolute atomic E-state index is 0.425. The van der Waals surface area contributed by atoms with Crippen molar-refractivity contribution < 1.29 is 4.92 Å². The van der Waals surface area contributed by atoms with Crippen molar-refractivity contribution in [2.24, 2.45) is 0 Å². The third kappa shape index (κ3) is 10.6. The van der Waals surface area contributed by atoms with Crippen LogP contribution in [0.5, 0.6) is 0 Å². The van der Waals surface area contributed by atoms with E-state index >= 15 is 0 Å². The maximum Gasteiger partial charge on any atom is 0.230 e. The van der Waals surface area contributed by atoms with E-state index in [-0.39, 0.29) is 0 Å². The third-order valence-electron chi connectivity index (χ3n) is 1.66. The van der Waals surface area contributed by atoms with Crippen LogP contribution in [0.4, 0.5) is 0 Å². The molecule has 0 amide bonds. The predicted octanol–water partition coefficient (Wildman–Crippen LogP) is 3.47. The van der Waals surface area contributed by atoms with E-state index in [1.807, 2.05) is 25.2 Å². The Morgan fingerprint density at radius 1 is 1.14 bits per heavy atom. The van der Waals surface area contributed by atoms with Crippen LogP contribution < -0.4 is 0 Å². The lowest BCUT2D eigenvalue weighted by atomic mass is 10.2. The van der Waals surface area contributed by atoms with Crippen molar-refractivity contribution in [1.29, 1.82) is 0 Å². The first-order valence-corrected chi connectivity index (χ1v) is 4.85. The van der Waals surface area contributed by atoms with Crippen molar-refractivity contribution >= 4 is 0 Å². The van der Waals surface area contributed by atoms with Crippen molar-refractivity contribution in [1.82, 2.24) is 0 Å². The van der Waals surface area contributed by atoms with Crippen LogP contribution in [0.15, 0.2) is 36.6 Å². The molecule has 0 unspecified atom stereocenters. The van der Waals surface area contributed by atoms with Gasteiger partial charge in [-0.25, -0.2) is 0 Å². The SMILES string of the molecule is C/C=C/C=C/CCCC/C=C/[N+](=O)[O-]. The number of hydrogen-bond donors (Lipinski definition) is 0. The lowest BCUT2D eigenvalue weighted by Gasteiger charge is -1.90. The van der Waals surface area contributed by atoms with E-state index in [4.69, 9.17) is 0 Å². The molecule has 14 heavy (non-hydrogen) atoms. The summed E-state index contributed by atoms with van der Waals surface area (Å²) in [6.07, 6.45) is 14.6. The van der Waals surface area contributed by atoms with E-state index in [1.165, 1.54) is 0 Å². The first kappa shape index (κ1) is 12.6. The molecule has 0 radical (unpaired) electrons. The van der Waals surface area contributed by atoms with E-state index in [2.05, 4.69) is 6.08 Å². The van der Waals surface area contributed by atoms with E-state index in [1.54, 1.807) is 6.08 Å². The maximum absolute atomic E-state index is 9.91. The van der Waals surface area contributed by atoms with Crippen LogP contribution in [-0.2, 0) is 0 Å². The maximum atomic E-state index is 9.91. The van der Waals surface area contributed by atoms with Gasteiger partial charge in [0.15, 0.2) is 0 Å². The molecule has 0 aliphatic carbocycles. The van der Waals surface area contributed by atoms with Gasteiger partial charge in [0.2, 0.25) is 6.20 Å². The first-order valence-electron chi connectivity index (χ1n) is 4.85. The zero-order valence-electron chi connectivity index (χ0n) is 8.56. The Bertz CT molecular complexity index is 229. The number of unbranched alkanes of at least 4 members (excludes halogenated alkanes) is 3. The Morgan fingerprint density at radius 3 is 2.36 bits per heavy atom. The standard InChI is InChI=1S/C11H17NO2/c1-2-3-4-5-6-7-8-9-10-11-12(13)14/h2-5,10-11H,6-9H2,1H3/b3-2+,5-4+,11-10+. The molecule has 0 aromatic heterocycles. The average Bonchev–Trinajstić information content (AvgIpc) is 2.15. The summed E-state index contributed by atoms with van der Waals surface area (Å²) in [5.74, 6) is 0. The molecule has 0 heterocycles. The Balaban J connectivity index is 3.26. The van der Waals surface area contributed by atoms with E-state index in [0.717, 1.165) is 31.9 Å². The van der Waals surface area contributed by atoms with Crippen LogP contribution in [0.2, 0.25) is 0 Å². The summed E-state index contributed by atoms with van der Waals surface area (Å²) >= 11 is 0. The first-order chi connectivity index (χ1) is 6.77. The fourth-order valence-corrected chi connectivity index (χ4v) is 0.971. The van der Waals surface area contributed by atoms with Crippen molar-refractivity contribution in [3.63, 3.8) is 0 Å². The largest absolute Gasteiger partial charge is 0.259 e. The minimum Gasteiger partial charge on any atom is -0.259 e. The lowest BCUT2D eigenvalue weighted by Crippen LogP contribution is -1.82. The summed E-state index contributed by atoms with van der Waals surface area (Å²) in [7, 11) is 0. The van der Waals surface area contributed by atoms with Gasteiger partial charge in [-0.15, -0.1) is 0 Å². The molecule has 0 saturated carbocycles. The van der Waals surface area contributed by atoms with Gasteiger partial charge in [0.1, 0.15) is 0 Å². The second-order valence-corrected chi connectivity index (χ2v) is 2.91. The fraction of sp³-hybridized carbons (Fsp3) is 0.455. The Hall–Kier alpha value is -1.38. The summed E-state index contributed by atoms with van der Waals surface area (Å²) < 4.78 is 0. The zero-order chi connectivity index (χ0) is 10.6. The quantitative estimate of drug-likeness (QED) is 0.270. The lowest BCUT2D eigenvalue weighted by molar-refractivity contribution is -0.402. The van der Waals surface area contributed by atoms with Crippen LogP contribution in [-0.4, -0.2) is 4.92 Å². The molecule has 0 aromatic carbocycles. The highest BCUT2D eigenvalue weighted by molar-refractivity contribution is 5.00. The van der Waals surface area contributed by atoms with E-state index in [0.29, 0.717) is 0 Å². The molecule has 3 nitrogen and oxygen atoms in total. The van der Waals surface area contributed by atoms with Gasteiger partial charge in [-0.2, -0.15) is 0 Å². The Morgan fingerprint density at radius 2 is 1.79 bits per heavy atom. The fourth-order valence-electron chi connectivity index (χ4n) is 0.971. The highest BCUT2D eigenvalue weighted by Gasteiger charge is 1.86. The monoisotopic (exact) mass is 195 g/mol. The third-order valence-corrected chi connectivity index (χ3v) is 1.66. The van der Waals surface area contributed by atoms with Gasteiger partial charge in [0.25, 0.3) is 0 Å². The predicted molar refractivity (Wildman–Crippen MR) is 58.6 cm³/mol. The minimum atomic E-state index is -0.425. The van der Waals surface area contributed by atoms with Crippen molar-refractivity contribution in [2.45, 2.75) is 32.6 Å². The van der Waals surface area contributed by atoms with Crippen molar-refractivity contribution in [2.75, 3.05) is 0 Å². The highest BCUT2D eigenvalue weighted by atomic mass is 16.6. The van der Waals surface area contributed by atoms with Gasteiger partial charge >= 0.3 is 0 Å². The summed E-state index contributed by atoms with van der Waals surface area (Å²) in [6, 6.07) is 0. The smallest absolute Gasteiger partial charge is 0.230 e. The second-order valence-electron chi connectivity index (χ2n) is 2.91. The van der Waals surface area contributed by atoms with Crippen LogP contribution in [0.1, 0.15) is 32.6 Å². The van der Waals surface area contributed by atoms with Crippen LogP contribution >= 0.6 is 0 Å². The van der Waals surface area contributed by atoms with Crippen molar-refractivity contribution in [3.8, 4) is 0 Å². The molecule has 0 fully saturated rings. The molecule has 0 aliphatic rings. The number of nitrogens with zero attached hydrogens (tertiary/aromatic N) is 1. The Labute approximate surface area is 85.0 Å². The molecule has 0 N–H and O–H groups in total. The molecule has 0 saturated heterocycles. The van der Waals surface area contributed by atoms with E-state index in [9.17, 15) is 10.1 Å². The highest BCUT2D eigenvalue weighted by Crippen LogP contribution is 2.01. The molecular formula is C11H17NO2. The summed E-state index contributed by atoms with van der Waals surface area (Å²) in [5.41, 5.74) is 0. The number of rotatable bonds is 7. The van der Waals surface area contributed by atoms with Gasteiger partial charge < -0.3 is 0 Å². The molecule has 0 atom stereocenters. The van der Waals surface area contributed by atoms with Crippen molar-refractivity contribution in [3.05, 3.63) is 46.7 Å². The van der Waals surface area contributed by atoms with Gasteiger partial charge in [-0.3, -0.25) is 10.1 Å². The zero-order valence-corrected chi connectivity index (χ0v) is 8.56. The van der Waals surface area contributed by atoms with Crippen LogP contribution in [0, 0.1) is 10.1 Å². The van der Waals surface area contributed by atoms with Gasteiger partial charge in [-0.1, -0.05) is 24.3 Å². The summed E-state index contributed by atoms with van der Waals surface area (Å²) in [4.78, 5) is 9.48. The van der Waals surface area contributed by atoms with E-state index < -0.39 is 4.92 Å². The molecule has 0 rings (SSSR count). The van der Waals surface area contributed by atoms with Gasteiger partial charge in [-0.05, 0) is 38.7 Å². The number of hydrogen-bond acceptors (Lipinski definition) is 2. The van der Waals surface area contributed by atoms with Gasteiger partial charge in [0, 0.05) is 0 Å². The molecule has 78 valence electrons. The molecule has 0 spiro atoms. The number of nitro groups is 1. The summed E-state index contributed by atoms with van der Waals surface area (Å²) in [6.45, 7) is 1.98. The second kappa shape index (κ2) is 9.71. The molecule has 3 heteroatoms. The topological polar surface area (TPSA) is 43.1 Å². The normalized spacial score (nSPS) is 12.1. The van der Waals surface area contributed by atoms with Crippen LogP contribution in [0.25, 0.3) is 0 Å². The molecule has 0 bridgehead atoms.